The number of aliphatic hydroxyl groups excluding tert-OH is 2. The van der Waals surface area contributed by atoms with E-state index in [0.29, 0.717) is 54.6 Å². The molecule has 224 valence electrons. The van der Waals surface area contributed by atoms with E-state index in [9.17, 15) is 15.0 Å². The third-order valence-corrected chi connectivity index (χ3v) is 12.8. The molecule has 5 rings (SSSR count). The summed E-state index contributed by atoms with van der Waals surface area (Å²) in [4.78, 5) is 14.6. The van der Waals surface area contributed by atoms with E-state index in [1.807, 2.05) is 0 Å². The number of alkyl carbamates (subject to hydrolysis) is 1. The molecule has 0 aromatic rings. The van der Waals surface area contributed by atoms with Crippen LogP contribution in [0.15, 0.2) is 0 Å². The van der Waals surface area contributed by atoms with Gasteiger partial charge in [-0.25, -0.2) is 4.79 Å². The maximum absolute atomic E-state index is 12.3. The van der Waals surface area contributed by atoms with Crippen molar-refractivity contribution in [2.45, 2.75) is 97.7 Å². The van der Waals surface area contributed by atoms with Crippen LogP contribution >= 0.6 is 0 Å². The van der Waals surface area contributed by atoms with Crippen molar-refractivity contribution < 1.29 is 24.5 Å². The monoisotopic (exact) mass is 548 g/mol. The number of nitrogens with zero attached hydrogens (tertiary/aromatic N) is 1. The molecule has 3 N–H and O–H groups in total. The van der Waals surface area contributed by atoms with E-state index in [2.05, 4.69) is 37.9 Å². The van der Waals surface area contributed by atoms with Gasteiger partial charge in [0.2, 0.25) is 0 Å². The number of hydrogen-bond donors (Lipinski definition) is 3. The number of nitrogens with one attached hydrogen (secondary N) is 1. The molecule has 4 saturated carbocycles. The smallest absolute Gasteiger partial charge is 0.407 e. The minimum absolute atomic E-state index is 0.194. The summed E-state index contributed by atoms with van der Waals surface area (Å²) >= 11 is 0. The van der Waals surface area contributed by atoms with Crippen molar-refractivity contribution in [3.05, 3.63) is 0 Å². The van der Waals surface area contributed by atoms with Crippen LogP contribution in [-0.4, -0.2) is 79.4 Å². The van der Waals surface area contributed by atoms with Crippen LogP contribution in [0.3, 0.4) is 0 Å². The molecule has 7 nitrogen and oxygen atoms in total. The van der Waals surface area contributed by atoms with Crippen molar-refractivity contribution in [3.8, 4) is 0 Å². The molecular weight excluding hydrogens is 492 g/mol. The molecule has 0 spiro atoms. The zero-order valence-corrected chi connectivity index (χ0v) is 25.1. The van der Waals surface area contributed by atoms with Crippen LogP contribution in [0.5, 0.6) is 0 Å². The van der Waals surface area contributed by atoms with E-state index >= 15 is 0 Å². The highest BCUT2D eigenvalue weighted by Crippen LogP contribution is 2.69. The van der Waals surface area contributed by atoms with Crippen molar-refractivity contribution in [2.24, 2.45) is 52.3 Å². The first kappa shape index (κ1) is 29.6. The van der Waals surface area contributed by atoms with Crippen molar-refractivity contribution in [1.82, 2.24) is 10.2 Å². The Bertz CT molecular complexity index is 835. The molecule has 1 heterocycles. The number of aliphatic hydroxyl groups is 2. The Morgan fingerprint density at radius 1 is 1.05 bits per heavy atom. The average molecular weight is 549 g/mol. The summed E-state index contributed by atoms with van der Waals surface area (Å²) in [6.07, 6.45) is 8.95. The van der Waals surface area contributed by atoms with Gasteiger partial charge in [-0.05, 0) is 104 Å². The first-order valence-electron chi connectivity index (χ1n) is 16.3. The Morgan fingerprint density at radius 3 is 2.51 bits per heavy atom. The van der Waals surface area contributed by atoms with Crippen molar-refractivity contribution >= 4 is 6.09 Å². The summed E-state index contributed by atoms with van der Waals surface area (Å²) in [7, 11) is 0. The second kappa shape index (κ2) is 12.1. The van der Waals surface area contributed by atoms with Gasteiger partial charge in [-0.3, -0.25) is 4.90 Å². The molecule has 4 aliphatic carbocycles. The van der Waals surface area contributed by atoms with Gasteiger partial charge in [0.15, 0.2) is 0 Å². The third kappa shape index (κ3) is 5.63. The number of morpholine rings is 1. The van der Waals surface area contributed by atoms with E-state index in [4.69, 9.17) is 9.47 Å². The van der Waals surface area contributed by atoms with Crippen LogP contribution in [0.25, 0.3) is 0 Å². The Hall–Kier alpha value is -0.890. The summed E-state index contributed by atoms with van der Waals surface area (Å²) in [6.45, 7) is 14.9. The van der Waals surface area contributed by atoms with Gasteiger partial charge in [0, 0.05) is 26.2 Å². The van der Waals surface area contributed by atoms with E-state index in [1.54, 1.807) is 0 Å². The first-order chi connectivity index (χ1) is 18.7. The van der Waals surface area contributed by atoms with Crippen molar-refractivity contribution in [3.63, 3.8) is 0 Å². The number of hydrogen-bond acceptors (Lipinski definition) is 6. The normalized spacial score (nSPS) is 45.1. The minimum Gasteiger partial charge on any atom is -0.450 e. The van der Waals surface area contributed by atoms with E-state index in [-0.39, 0.29) is 29.1 Å². The molecule has 5 aliphatic rings. The maximum atomic E-state index is 12.3. The molecule has 7 heteroatoms. The number of carbonyl (C=O) groups excluding carboxylic acids is 1. The molecule has 1 saturated heterocycles. The summed E-state index contributed by atoms with van der Waals surface area (Å²) in [5, 5.41) is 25.3. The Morgan fingerprint density at radius 2 is 1.77 bits per heavy atom. The number of amides is 1. The highest BCUT2D eigenvalue weighted by molar-refractivity contribution is 5.67. The highest BCUT2D eigenvalue weighted by Gasteiger charge is 2.64. The molecule has 0 radical (unpaired) electrons. The lowest BCUT2D eigenvalue weighted by molar-refractivity contribution is -0.203. The van der Waals surface area contributed by atoms with Crippen LogP contribution in [0.1, 0.15) is 85.5 Å². The molecular formula is C32H56N2O5. The van der Waals surface area contributed by atoms with Gasteiger partial charge in [0.05, 0.1) is 32.0 Å². The molecule has 5 fully saturated rings. The van der Waals surface area contributed by atoms with Crippen LogP contribution in [-0.2, 0) is 9.47 Å². The topological polar surface area (TPSA) is 91.3 Å². The predicted octanol–water partition coefficient (Wildman–Crippen LogP) is 4.70. The van der Waals surface area contributed by atoms with Crippen molar-refractivity contribution in [2.75, 3.05) is 46.0 Å². The SMILES string of the molecule is CC[C@H]1[C@@H](O)[C@H]2[C@@H]3CC[C@H]([C@H](C)CCOC(=O)NCCN4CCOCC4)C3(C)CC[C@@H]2C2(C)CC[C@@H](O)C[C@@H]12. The van der Waals surface area contributed by atoms with E-state index < -0.39 is 0 Å². The Labute approximate surface area is 236 Å². The van der Waals surface area contributed by atoms with Crippen LogP contribution < -0.4 is 5.32 Å². The van der Waals surface area contributed by atoms with Gasteiger partial charge in [-0.2, -0.15) is 0 Å². The predicted molar refractivity (Wildman–Crippen MR) is 152 cm³/mol. The van der Waals surface area contributed by atoms with E-state index in [1.165, 1.54) is 25.7 Å². The fraction of sp³-hybridized carbons (Fsp3) is 0.969. The standard InChI is InChI=1S/C32H56N2O5/c1-5-23-27-20-22(35)8-11-32(27,4)26-9-12-31(3)24(6-7-25(31)28(26)29(23)36)21(2)10-17-39-30(37)33-13-14-34-15-18-38-19-16-34/h21-29,35-36H,5-20H2,1-4H3,(H,33,37)/t21-,22-,23-,24-,25+,26+,27+,28+,29-,31?,32?/m1/s1. The molecule has 0 aromatic heterocycles. The highest BCUT2D eigenvalue weighted by atomic mass is 16.5. The van der Waals surface area contributed by atoms with Gasteiger partial charge in [0.1, 0.15) is 0 Å². The van der Waals surface area contributed by atoms with Gasteiger partial charge in [-0.15, -0.1) is 0 Å². The number of fused-ring (bicyclic) bond motifs is 5. The fourth-order valence-corrected chi connectivity index (χ4v) is 10.7. The molecule has 0 aromatic carbocycles. The summed E-state index contributed by atoms with van der Waals surface area (Å²) in [6, 6.07) is 0. The number of rotatable bonds is 8. The zero-order chi connectivity index (χ0) is 27.8. The lowest BCUT2D eigenvalue weighted by atomic mass is 9.41. The molecule has 2 unspecified atom stereocenters. The van der Waals surface area contributed by atoms with Crippen LogP contribution in [0.4, 0.5) is 4.79 Å². The Kier molecular flexibility index (Phi) is 9.22. The number of ether oxygens (including phenoxy) is 2. The fourth-order valence-electron chi connectivity index (χ4n) is 10.7. The van der Waals surface area contributed by atoms with Gasteiger partial charge in [-0.1, -0.05) is 34.1 Å². The Balaban J connectivity index is 1.16. The number of carbonyl (C=O) groups is 1. The van der Waals surface area contributed by atoms with Crippen LogP contribution in [0, 0.1) is 52.3 Å². The minimum atomic E-state index is -0.303. The summed E-state index contributed by atoms with van der Waals surface area (Å²) in [5.41, 5.74) is 0.495. The lowest BCUT2D eigenvalue weighted by Crippen LogP contribution is -2.62. The maximum Gasteiger partial charge on any atom is 0.407 e. The summed E-state index contributed by atoms with van der Waals surface area (Å²) in [5.74, 6) is 3.39. The molecule has 1 aliphatic heterocycles. The molecule has 11 atom stereocenters. The van der Waals surface area contributed by atoms with E-state index in [0.717, 1.165) is 65.0 Å². The second-order valence-corrected chi connectivity index (χ2v) is 14.4. The van der Waals surface area contributed by atoms with Gasteiger partial charge >= 0.3 is 6.09 Å². The van der Waals surface area contributed by atoms with Gasteiger partial charge in [0.25, 0.3) is 0 Å². The molecule has 0 bridgehead atoms. The third-order valence-electron chi connectivity index (χ3n) is 12.8. The lowest BCUT2D eigenvalue weighted by Gasteiger charge is -2.64. The summed E-state index contributed by atoms with van der Waals surface area (Å²) < 4.78 is 11.0. The van der Waals surface area contributed by atoms with Crippen molar-refractivity contribution in [1.29, 1.82) is 0 Å². The quantitative estimate of drug-likeness (QED) is 0.407. The van der Waals surface area contributed by atoms with Crippen LogP contribution in [0.2, 0.25) is 0 Å². The van der Waals surface area contributed by atoms with Gasteiger partial charge < -0.3 is 25.0 Å². The first-order valence-corrected chi connectivity index (χ1v) is 16.3. The largest absolute Gasteiger partial charge is 0.450 e. The average Bonchev–Trinajstić information content (AvgIpc) is 3.27. The zero-order valence-electron chi connectivity index (χ0n) is 25.1. The molecule has 1 amide bonds. The second-order valence-electron chi connectivity index (χ2n) is 14.4. The molecule has 39 heavy (non-hydrogen) atoms.